The summed E-state index contributed by atoms with van der Waals surface area (Å²) in [6.45, 7) is 2.78. The maximum Gasteiger partial charge on any atom is 0.253 e. The second-order valence-electron chi connectivity index (χ2n) is 7.73. The largest absolute Gasteiger partial charge is 0.348 e. The lowest BCUT2D eigenvalue weighted by Crippen LogP contribution is -2.47. The summed E-state index contributed by atoms with van der Waals surface area (Å²) in [6, 6.07) is 9.14. The van der Waals surface area contributed by atoms with Crippen molar-refractivity contribution in [3.8, 4) is 0 Å². The first-order valence-electron chi connectivity index (χ1n) is 10.4. The standard InChI is InChI=1S/C22H23N9O/c1-29-11-12-30(22-24-7-2-8-25-22)15-18(29)20-28-27-19-4-3-17(14-31(19)20)21(32)26-13-16-5-9-23-10-6-16/h2-10,14,18H,11-13,15H2,1H3,(H,26,32)/t18-/m1/s1. The third-order valence-corrected chi connectivity index (χ3v) is 5.67. The number of hydrogen-bond donors (Lipinski definition) is 1. The van der Waals surface area contributed by atoms with Crippen molar-refractivity contribution >= 4 is 17.5 Å². The van der Waals surface area contributed by atoms with Gasteiger partial charge in [-0.2, -0.15) is 0 Å². The minimum atomic E-state index is -0.153. The summed E-state index contributed by atoms with van der Waals surface area (Å²) in [5.74, 6) is 1.34. The number of fused-ring (bicyclic) bond motifs is 1. The van der Waals surface area contributed by atoms with E-state index in [0.717, 1.165) is 24.5 Å². The number of piperazine rings is 1. The number of aromatic nitrogens is 6. The smallest absolute Gasteiger partial charge is 0.253 e. The van der Waals surface area contributed by atoms with Crippen LogP contribution in [0.4, 0.5) is 5.95 Å². The van der Waals surface area contributed by atoms with E-state index < -0.39 is 0 Å². The monoisotopic (exact) mass is 429 g/mol. The highest BCUT2D eigenvalue weighted by molar-refractivity contribution is 5.94. The minimum absolute atomic E-state index is 0.0160. The quantitative estimate of drug-likeness (QED) is 0.507. The van der Waals surface area contributed by atoms with E-state index in [1.165, 1.54) is 0 Å². The molecule has 162 valence electrons. The van der Waals surface area contributed by atoms with E-state index in [2.05, 4.69) is 47.3 Å². The van der Waals surface area contributed by atoms with Crippen LogP contribution in [-0.4, -0.2) is 67.0 Å². The van der Waals surface area contributed by atoms with Crippen LogP contribution in [0.2, 0.25) is 0 Å². The molecule has 10 nitrogen and oxygen atoms in total. The molecule has 4 aromatic rings. The zero-order valence-electron chi connectivity index (χ0n) is 17.7. The molecule has 1 saturated heterocycles. The van der Waals surface area contributed by atoms with Crippen LogP contribution in [0.25, 0.3) is 5.65 Å². The van der Waals surface area contributed by atoms with Crippen molar-refractivity contribution in [2.75, 3.05) is 31.6 Å². The lowest BCUT2D eigenvalue weighted by molar-refractivity contribution is 0.0950. The summed E-state index contributed by atoms with van der Waals surface area (Å²) in [5, 5.41) is 11.7. The van der Waals surface area contributed by atoms with E-state index in [9.17, 15) is 4.79 Å². The number of nitrogens with one attached hydrogen (secondary N) is 1. The van der Waals surface area contributed by atoms with Crippen molar-refractivity contribution in [2.45, 2.75) is 12.6 Å². The molecule has 0 spiro atoms. The summed E-state index contributed by atoms with van der Waals surface area (Å²) < 4.78 is 1.90. The first-order chi connectivity index (χ1) is 15.7. The number of rotatable bonds is 5. The van der Waals surface area contributed by atoms with Crippen LogP contribution < -0.4 is 10.2 Å². The zero-order chi connectivity index (χ0) is 21.9. The van der Waals surface area contributed by atoms with E-state index in [1.807, 2.05) is 28.7 Å². The van der Waals surface area contributed by atoms with Gasteiger partial charge in [-0.15, -0.1) is 10.2 Å². The predicted octanol–water partition coefficient (Wildman–Crippen LogP) is 1.34. The number of likely N-dealkylation sites (N-methyl/N-ethyl adjacent to an activating group) is 1. The summed E-state index contributed by atoms with van der Waals surface area (Å²) in [7, 11) is 2.07. The Balaban J connectivity index is 1.38. The number of carbonyl (C=O) groups is 1. The van der Waals surface area contributed by atoms with Crippen molar-refractivity contribution in [3.05, 3.63) is 78.3 Å². The van der Waals surface area contributed by atoms with Gasteiger partial charge < -0.3 is 10.2 Å². The lowest BCUT2D eigenvalue weighted by atomic mass is 10.1. The fourth-order valence-corrected chi connectivity index (χ4v) is 3.84. The number of nitrogens with zero attached hydrogens (tertiary/aromatic N) is 8. The molecule has 1 N–H and O–H groups in total. The summed E-state index contributed by atoms with van der Waals surface area (Å²) in [4.78, 5) is 29.9. The van der Waals surface area contributed by atoms with Crippen LogP contribution in [0.5, 0.6) is 0 Å². The normalized spacial score (nSPS) is 16.9. The number of carbonyl (C=O) groups excluding carboxylic acids is 1. The average Bonchev–Trinajstić information content (AvgIpc) is 3.27. The maximum absolute atomic E-state index is 12.8. The Bertz CT molecular complexity index is 1210. The number of pyridine rings is 2. The second-order valence-corrected chi connectivity index (χ2v) is 7.73. The molecule has 1 aliphatic rings. The molecular weight excluding hydrogens is 406 g/mol. The maximum atomic E-state index is 12.8. The third-order valence-electron chi connectivity index (χ3n) is 5.67. The summed E-state index contributed by atoms with van der Waals surface area (Å²) in [5.41, 5.74) is 2.24. The van der Waals surface area contributed by atoms with Crippen molar-refractivity contribution in [3.63, 3.8) is 0 Å². The van der Waals surface area contributed by atoms with Gasteiger partial charge in [-0.1, -0.05) is 0 Å². The van der Waals surface area contributed by atoms with E-state index >= 15 is 0 Å². The molecule has 10 heteroatoms. The second kappa shape index (κ2) is 8.67. The first kappa shape index (κ1) is 20.0. The summed E-state index contributed by atoms with van der Waals surface area (Å²) >= 11 is 0. The zero-order valence-corrected chi connectivity index (χ0v) is 17.7. The lowest BCUT2D eigenvalue weighted by Gasteiger charge is -2.38. The molecule has 0 aromatic carbocycles. The topological polar surface area (TPSA) is 104 Å². The van der Waals surface area contributed by atoms with Gasteiger partial charge in [0.25, 0.3) is 5.91 Å². The molecule has 1 aliphatic heterocycles. The Hall–Kier alpha value is -3.92. The minimum Gasteiger partial charge on any atom is -0.348 e. The molecule has 0 radical (unpaired) electrons. The first-order valence-corrected chi connectivity index (χ1v) is 10.4. The van der Waals surface area contributed by atoms with Gasteiger partial charge in [0.2, 0.25) is 5.95 Å². The van der Waals surface area contributed by atoms with Gasteiger partial charge in [0.15, 0.2) is 11.5 Å². The molecule has 5 heterocycles. The fraction of sp³-hybridized carbons (Fsp3) is 0.273. The van der Waals surface area contributed by atoms with Gasteiger partial charge in [-0.3, -0.25) is 19.1 Å². The molecule has 0 aliphatic carbocycles. The van der Waals surface area contributed by atoms with Crippen LogP contribution in [-0.2, 0) is 6.54 Å². The average molecular weight is 429 g/mol. The van der Waals surface area contributed by atoms with Crippen molar-refractivity contribution in [1.82, 2.24) is 39.8 Å². The van der Waals surface area contributed by atoms with Gasteiger partial charge in [0.05, 0.1) is 11.6 Å². The van der Waals surface area contributed by atoms with Gasteiger partial charge in [0.1, 0.15) is 0 Å². The van der Waals surface area contributed by atoms with Gasteiger partial charge in [-0.05, 0) is 42.9 Å². The van der Waals surface area contributed by atoms with E-state index in [4.69, 9.17) is 0 Å². The molecule has 1 atom stereocenters. The van der Waals surface area contributed by atoms with Crippen molar-refractivity contribution in [1.29, 1.82) is 0 Å². The van der Waals surface area contributed by atoms with Crippen LogP contribution in [0.3, 0.4) is 0 Å². The van der Waals surface area contributed by atoms with Crippen LogP contribution >= 0.6 is 0 Å². The fourth-order valence-electron chi connectivity index (χ4n) is 3.84. The van der Waals surface area contributed by atoms with Gasteiger partial charge >= 0.3 is 0 Å². The van der Waals surface area contributed by atoms with Gasteiger partial charge in [0, 0.05) is 57.2 Å². The van der Waals surface area contributed by atoms with Crippen LogP contribution in [0, 0.1) is 0 Å². The molecule has 0 unspecified atom stereocenters. The van der Waals surface area contributed by atoms with E-state index in [0.29, 0.717) is 30.2 Å². The number of amides is 1. The summed E-state index contributed by atoms with van der Waals surface area (Å²) in [6.07, 6.45) is 8.72. The Labute approximate surface area is 185 Å². The third kappa shape index (κ3) is 4.00. The van der Waals surface area contributed by atoms with E-state index in [-0.39, 0.29) is 11.9 Å². The molecule has 0 saturated carbocycles. The number of hydrogen-bond acceptors (Lipinski definition) is 8. The van der Waals surface area contributed by atoms with Crippen LogP contribution in [0.1, 0.15) is 27.8 Å². The van der Waals surface area contributed by atoms with Crippen molar-refractivity contribution < 1.29 is 4.79 Å². The molecular formula is C22H23N9O. The number of anilines is 1. The van der Waals surface area contributed by atoms with E-state index in [1.54, 1.807) is 37.1 Å². The molecule has 32 heavy (non-hydrogen) atoms. The van der Waals surface area contributed by atoms with Gasteiger partial charge in [-0.25, -0.2) is 9.97 Å². The van der Waals surface area contributed by atoms with Crippen molar-refractivity contribution in [2.24, 2.45) is 0 Å². The Morgan fingerprint density at radius 2 is 1.88 bits per heavy atom. The molecule has 0 bridgehead atoms. The molecule has 5 rings (SSSR count). The SMILES string of the molecule is CN1CCN(c2ncccn2)C[C@@H]1c1nnc2ccc(C(=O)NCc3ccncc3)cn12. The van der Waals surface area contributed by atoms with Crippen LogP contribution in [0.15, 0.2) is 61.3 Å². The Kier molecular flexibility index (Phi) is 5.42. The Morgan fingerprint density at radius 1 is 1.06 bits per heavy atom. The Morgan fingerprint density at radius 3 is 2.69 bits per heavy atom. The predicted molar refractivity (Wildman–Crippen MR) is 118 cm³/mol. The highest BCUT2D eigenvalue weighted by atomic mass is 16.1. The molecule has 1 amide bonds. The molecule has 4 aromatic heterocycles. The molecule has 1 fully saturated rings. The highest BCUT2D eigenvalue weighted by Crippen LogP contribution is 2.25. The highest BCUT2D eigenvalue weighted by Gasteiger charge is 2.30.